The van der Waals surface area contributed by atoms with Crippen molar-refractivity contribution in [3.63, 3.8) is 0 Å². The molecule has 0 heterocycles. The van der Waals surface area contributed by atoms with E-state index in [-0.39, 0.29) is 12.0 Å². The maximum absolute atomic E-state index is 12.0. The molecule has 0 aromatic heterocycles. The quantitative estimate of drug-likeness (QED) is 0.602. The Bertz CT molecular complexity index is 696. The number of aryl methyl sites for hydroxylation is 1. The zero-order valence-electron chi connectivity index (χ0n) is 14.0. The van der Waals surface area contributed by atoms with Gasteiger partial charge in [-0.05, 0) is 49.2 Å². The highest BCUT2D eigenvalue weighted by Gasteiger charge is 2.08. The molecule has 0 radical (unpaired) electrons. The molecule has 0 aliphatic heterocycles. The standard InChI is InChI=1S/C19H22N2O3/c1-3-4-13-24-18(22)15-9-11-16(12-10-15)20-19(23)21-17-8-6-5-7-14(17)2/h5-12H,3-4,13H2,1-2H3,(H2,20,21,23). The van der Waals surface area contributed by atoms with E-state index in [0.29, 0.717) is 17.9 Å². The highest BCUT2D eigenvalue weighted by Crippen LogP contribution is 2.15. The Kier molecular flexibility index (Phi) is 6.37. The van der Waals surface area contributed by atoms with Gasteiger partial charge in [0, 0.05) is 11.4 Å². The van der Waals surface area contributed by atoms with E-state index in [1.807, 2.05) is 38.1 Å². The lowest BCUT2D eigenvalue weighted by molar-refractivity contribution is 0.0500. The maximum Gasteiger partial charge on any atom is 0.338 e. The number of para-hydroxylation sites is 1. The van der Waals surface area contributed by atoms with Crippen LogP contribution in [0.15, 0.2) is 48.5 Å². The summed E-state index contributed by atoms with van der Waals surface area (Å²) < 4.78 is 5.14. The van der Waals surface area contributed by atoms with E-state index in [4.69, 9.17) is 4.74 Å². The molecule has 0 saturated carbocycles. The van der Waals surface area contributed by atoms with Gasteiger partial charge in [0.2, 0.25) is 0 Å². The van der Waals surface area contributed by atoms with Gasteiger partial charge in [-0.1, -0.05) is 31.5 Å². The van der Waals surface area contributed by atoms with E-state index < -0.39 is 0 Å². The van der Waals surface area contributed by atoms with Crippen molar-refractivity contribution in [1.29, 1.82) is 0 Å². The first kappa shape index (κ1) is 17.5. The molecule has 0 unspecified atom stereocenters. The highest BCUT2D eigenvalue weighted by atomic mass is 16.5. The Labute approximate surface area is 142 Å². The van der Waals surface area contributed by atoms with Crippen molar-refractivity contribution in [2.45, 2.75) is 26.7 Å². The number of hydrogen-bond acceptors (Lipinski definition) is 3. The molecule has 0 saturated heterocycles. The number of nitrogens with one attached hydrogen (secondary N) is 2. The molecule has 126 valence electrons. The number of rotatable bonds is 6. The second-order valence-corrected chi connectivity index (χ2v) is 5.46. The topological polar surface area (TPSA) is 67.4 Å². The second kappa shape index (κ2) is 8.72. The Morgan fingerprint density at radius 3 is 2.38 bits per heavy atom. The van der Waals surface area contributed by atoms with Crippen molar-refractivity contribution in [3.05, 3.63) is 59.7 Å². The Hall–Kier alpha value is -2.82. The van der Waals surface area contributed by atoms with E-state index in [0.717, 1.165) is 24.1 Å². The van der Waals surface area contributed by atoms with Crippen molar-refractivity contribution in [2.24, 2.45) is 0 Å². The zero-order chi connectivity index (χ0) is 17.4. The monoisotopic (exact) mass is 326 g/mol. The van der Waals surface area contributed by atoms with Crippen LogP contribution in [-0.4, -0.2) is 18.6 Å². The van der Waals surface area contributed by atoms with Gasteiger partial charge in [-0.15, -0.1) is 0 Å². The van der Waals surface area contributed by atoms with Gasteiger partial charge in [0.15, 0.2) is 0 Å². The van der Waals surface area contributed by atoms with Crippen LogP contribution in [0, 0.1) is 6.92 Å². The molecular formula is C19H22N2O3. The van der Waals surface area contributed by atoms with Crippen molar-refractivity contribution in [3.8, 4) is 0 Å². The van der Waals surface area contributed by atoms with Gasteiger partial charge in [0.1, 0.15) is 0 Å². The molecule has 2 amide bonds. The first-order valence-electron chi connectivity index (χ1n) is 8.01. The zero-order valence-corrected chi connectivity index (χ0v) is 14.0. The molecule has 0 bridgehead atoms. The van der Waals surface area contributed by atoms with E-state index in [9.17, 15) is 9.59 Å². The fourth-order valence-electron chi connectivity index (χ4n) is 2.08. The molecule has 2 rings (SSSR count). The van der Waals surface area contributed by atoms with Gasteiger partial charge < -0.3 is 15.4 Å². The van der Waals surface area contributed by atoms with Crippen molar-refractivity contribution < 1.29 is 14.3 Å². The summed E-state index contributed by atoms with van der Waals surface area (Å²) in [5.74, 6) is -0.348. The summed E-state index contributed by atoms with van der Waals surface area (Å²) in [5.41, 5.74) is 2.81. The lowest BCUT2D eigenvalue weighted by atomic mass is 10.2. The van der Waals surface area contributed by atoms with E-state index in [2.05, 4.69) is 10.6 Å². The summed E-state index contributed by atoms with van der Waals surface area (Å²) in [7, 11) is 0. The number of urea groups is 1. The number of benzene rings is 2. The average Bonchev–Trinajstić information content (AvgIpc) is 2.58. The molecule has 0 aliphatic carbocycles. The van der Waals surface area contributed by atoms with Crippen LogP contribution in [0.25, 0.3) is 0 Å². The molecule has 2 aromatic carbocycles. The average molecular weight is 326 g/mol. The lowest BCUT2D eigenvalue weighted by Gasteiger charge is -2.10. The van der Waals surface area contributed by atoms with Crippen LogP contribution in [0.3, 0.4) is 0 Å². The van der Waals surface area contributed by atoms with Crippen molar-refractivity contribution >= 4 is 23.4 Å². The molecule has 0 aliphatic rings. The number of anilines is 2. The van der Waals surface area contributed by atoms with Gasteiger partial charge >= 0.3 is 12.0 Å². The molecule has 0 atom stereocenters. The van der Waals surface area contributed by atoms with Crippen LogP contribution in [0.1, 0.15) is 35.7 Å². The molecule has 0 spiro atoms. The predicted molar refractivity (Wildman–Crippen MR) is 95.5 cm³/mol. The number of unbranched alkanes of at least 4 members (excludes halogenated alkanes) is 1. The van der Waals surface area contributed by atoms with Crippen LogP contribution in [0.4, 0.5) is 16.2 Å². The summed E-state index contributed by atoms with van der Waals surface area (Å²) in [6, 6.07) is 13.8. The fraction of sp³-hybridized carbons (Fsp3) is 0.263. The van der Waals surface area contributed by atoms with E-state index in [1.165, 1.54) is 0 Å². The van der Waals surface area contributed by atoms with E-state index in [1.54, 1.807) is 24.3 Å². The van der Waals surface area contributed by atoms with Crippen LogP contribution in [0.2, 0.25) is 0 Å². The summed E-state index contributed by atoms with van der Waals surface area (Å²) >= 11 is 0. The number of esters is 1. The first-order valence-corrected chi connectivity index (χ1v) is 8.01. The number of hydrogen-bond donors (Lipinski definition) is 2. The molecule has 24 heavy (non-hydrogen) atoms. The number of amides is 2. The minimum Gasteiger partial charge on any atom is -0.462 e. The molecule has 5 heteroatoms. The number of carbonyl (C=O) groups excluding carboxylic acids is 2. The van der Waals surface area contributed by atoms with Crippen LogP contribution >= 0.6 is 0 Å². The van der Waals surface area contributed by atoms with Crippen LogP contribution < -0.4 is 10.6 Å². The van der Waals surface area contributed by atoms with Crippen LogP contribution in [-0.2, 0) is 4.74 Å². The molecule has 5 nitrogen and oxygen atoms in total. The third-order valence-corrected chi connectivity index (χ3v) is 3.50. The Balaban J connectivity index is 1.90. The predicted octanol–water partition coefficient (Wildman–Crippen LogP) is 4.60. The first-order chi connectivity index (χ1) is 11.6. The minimum absolute atomic E-state index is 0.331. The molecule has 2 N–H and O–H groups in total. The summed E-state index contributed by atoms with van der Waals surface area (Å²) in [6.45, 7) is 4.39. The maximum atomic E-state index is 12.0. The smallest absolute Gasteiger partial charge is 0.338 e. The highest BCUT2D eigenvalue weighted by molar-refractivity contribution is 6.00. The third kappa shape index (κ3) is 5.12. The largest absolute Gasteiger partial charge is 0.462 e. The van der Waals surface area contributed by atoms with Gasteiger partial charge in [-0.25, -0.2) is 9.59 Å². The van der Waals surface area contributed by atoms with Crippen LogP contribution in [0.5, 0.6) is 0 Å². The minimum atomic E-state index is -0.348. The van der Waals surface area contributed by atoms with Gasteiger partial charge in [0.05, 0.1) is 12.2 Å². The second-order valence-electron chi connectivity index (χ2n) is 5.46. The third-order valence-electron chi connectivity index (χ3n) is 3.50. The Morgan fingerprint density at radius 2 is 1.71 bits per heavy atom. The molecular weight excluding hydrogens is 304 g/mol. The molecule has 2 aromatic rings. The summed E-state index contributed by atoms with van der Waals surface area (Å²) in [5, 5.41) is 5.52. The fourth-order valence-corrected chi connectivity index (χ4v) is 2.08. The van der Waals surface area contributed by atoms with Gasteiger partial charge in [0.25, 0.3) is 0 Å². The van der Waals surface area contributed by atoms with E-state index >= 15 is 0 Å². The number of ether oxygens (including phenoxy) is 1. The normalized spacial score (nSPS) is 10.1. The molecule has 0 fully saturated rings. The van der Waals surface area contributed by atoms with Crippen molar-refractivity contribution in [1.82, 2.24) is 0 Å². The van der Waals surface area contributed by atoms with Gasteiger partial charge in [-0.3, -0.25) is 0 Å². The van der Waals surface area contributed by atoms with Crippen molar-refractivity contribution in [2.75, 3.05) is 17.2 Å². The Morgan fingerprint density at radius 1 is 1.00 bits per heavy atom. The summed E-state index contributed by atoms with van der Waals surface area (Å²) in [6.07, 6.45) is 1.83. The summed E-state index contributed by atoms with van der Waals surface area (Å²) in [4.78, 5) is 23.8. The lowest BCUT2D eigenvalue weighted by Crippen LogP contribution is -2.20. The number of carbonyl (C=O) groups is 2. The van der Waals surface area contributed by atoms with Gasteiger partial charge in [-0.2, -0.15) is 0 Å². The SMILES string of the molecule is CCCCOC(=O)c1ccc(NC(=O)Nc2ccccc2C)cc1.